The van der Waals surface area contributed by atoms with Crippen LogP contribution in [0.15, 0.2) is 18.3 Å². The lowest BCUT2D eigenvalue weighted by atomic mass is 10.1. The fraction of sp³-hybridized carbons (Fsp3) is 0.438. The Morgan fingerprint density at radius 1 is 1.36 bits per heavy atom. The number of ether oxygens (including phenoxy) is 1. The number of amides is 1. The van der Waals surface area contributed by atoms with Crippen molar-refractivity contribution >= 4 is 5.91 Å². The van der Waals surface area contributed by atoms with Gasteiger partial charge in [-0.3, -0.25) is 9.89 Å². The first-order chi connectivity index (χ1) is 10.8. The number of nitrogens with zero attached hydrogens (tertiary/aromatic N) is 2. The van der Waals surface area contributed by atoms with Gasteiger partial charge in [-0.1, -0.05) is 6.42 Å². The summed E-state index contributed by atoms with van der Waals surface area (Å²) in [7, 11) is 1.53. The van der Waals surface area contributed by atoms with E-state index in [1.54, 1.807) is 18.3 Å². The summed E-state index contributed by atoms with van der Waals surface area (Å²) in [5, 5.41) is 10.4. The van der Waals surface area contributed by atoms with E-state index in [0.29, 0.717) is 18.0 Å². The summed E-state index contributed by atoms with van der Waals surface area (Å²) in [6.07, 6.45) is 7.31. The molecule has 0 aromatic carbocycles. The number of pyridine rings is 1. The Balaban J connectivity index is 1.67. The molecule has 0 saturated carbocycles. The lowest BCUT2D eigenvalue weighted by Crippen LogP contribution is -2.23. The first-order valence-corrected chi connectivity index (χ1v) is 7.61. The van der Waals surface area contributed by atoms with E-state index in [2.05, 4.69) is 20.5 Å². The average Bonchev–Trinajstić information content (AvgIpc) is 2.79. The monoisotopic (exact) mass is 300 g/mol. The zero-order chi connectivity index (χ0) is 15.4. The van der Waals surface area contributed by atoms with Crippen LogP contribution in [0.25, 0.3) is 0 Å². The molecule has 0 spiro atoms. The van der Waals surface area contributed by atoms with Crippen LogP contribution in [0.2, 0.25) is 0 Å². The normalized spacial score (nSPS) is 14.0. The van der Waals surface area contributed by atoms with Gasteiger partial charge in [0.1, 0.15) is 0 Å². The third-order valence-electron chi connectivity index (χ3n) is 4.01. The van der Waals surface area contributed by atoms with Gasteiger partial charge in [0, 0.05) is 23.5 Å². The maximum atomic E-state index is 12.2. The predicted molar refractivity (Wildman–Crippen MR) is 81.8 cm³/mol. The zero-order valence-electron chi connectivity index (χ0n) is 12.7. The smallest absolute Gasteiger partial charge is 0.251 e. The van der Waals surface area contributed by atoms with E-state index in [-0.39, 0.29) is 5.91 Å². The van der Waals surface area contributed by atoms with E-state index >= 15 is 0 Å². The molecule has 2 N–H and O–H groups in total. The van der Waals surface area contributed by atoms with Gasteiger partial charge in [-0.2, -0.15) is 5.10 Å². The number of carbonyl (C=O) groups is 1. The van der Waals surface area contributed by atoms with Crippen LogP contribution in [0, 0.1) is 0 Å². The Labute approximate surface area is 129 Å². The molecule has 1 aliphatic carbocycles. The highest BCUT2D eigenvalue weighted by atomic mass is 16.5. The molecule has 0 saturated heterocycles. The summed E-state index contributed by atoms with van der Waals surface area (Å²) >= 11 is 0. The minimum absolute atomic E-state index is 0.147. The minimum Gasteiger partial charge on any atom is -0.481 e. The Morgan fingerprint density at radius 2 is 2.23 bits per heavy atom. The highest BCUT2D eigenvalue weighted by Crippen LogP contribution is 2.21. The predicted octanol–water partition coefficient (Wildman–Crippen LogP) is 2.01. The molecule has 6 nitrogen and oxygen atoms in total. The number of H-pyrrole nitrogens is 1. The van der Waals surface area contributed by atoms with Crippen LogP contribution in [-0.2, 0) is 19.4 Å². The molecular formula is C16H20N4O2. The molecule has 2 aromatic rings. The lowest BCUT2D eigenvalue weighted by Gasteiger charge is -2.06. The molecule has 6 heteroatoms. The van der Waals surface area contributed by atoms with Gasteiger partial charge in [-0.25, -0.2) is 4.98 Å². The van der Waals surface area contributed by atoms with Crippen LogP contribution in [0.5, 0.6) is 5.88 Å². The van der Waals surface area contributed by atoms with Crippen LogP contribution >= 0.6 is 0 Å². The summed E-state index contributed by atoms with van der Waals surface area (Å²) in [4.78, 5) is 16.2. The minimum atomic E-state index is -0.147. The van der Waals surface area contributed by atoms with E-state index in [1.807, 2.05) is 0 Å². The summed E-state index contributed by atoms with van der Waals surface area (Å²) in [5.41, 5.74) is 4.00. The third-order valence-corrected chi connectivity index (χ3v) is 4.01. The standard InChI is InChI=1S/C16H20N4O2/c1-22-15-9-11(7-8-17-15)16(21)18-10-14-12-5-3-2-4-6-13(12)19-20-14/h7-9H,2-6,10H2,1H3,(H,18,21)(H,19,20). The fourth-order valence-corrected chi connectivity index (χ4v) is 2.80. The van der Waals surface area contributed by atoms with Crippen molar-refractivity contribution in [2.24, 2.45) is 0 Å². The van der Waals surface area contributed by atoms with Gasteiger partial charge in [0.05, 0.1) is 19.3 Å². The van der Waals surface area contributed by atoms with E-state index in [1.165, 1.54) is 37.6 Å². The van der Waals surface area contributed by atoms with Gasteiger partial charge in [0.2, 0.25) is 5.88 Å². The van der Waals surface area contributed by atoms with Gasteiger partial charge in [-0.05, 0) is 37.3 Å². The number of aromatic amines is 1. The van der Waals surface area contributed by atoms with E-state index in [9.17, 15) is 4.79 Å². The highest BCUT2D eigenvalue weighted by molar-refractivity contribution is 5.94. The van der Waals surface area contributed by atoms with Crippen LogP contribution in [0.3, 0.4) is 0 Å². The molecule has 0 aliphatic heterocycles. The number of aromatic nitrogens is 3. The number of fused-ring (bicyclic) bond motifs is 1. The van der Waals surface area contributed by atoms with Gasteiger partial charge in [-0.15, -0.1) is 0 Å². The van der Waals surface area contributed by atoms with Crippen LogP contribution in [-0.4, -0.2) is 28.2 Å². The number of hydrogen-bond donors (Lipinski definition) is 2. The number of rotatable bonds is 4. The molecule has 0 bridgehead atoms. The molecule has 1 aliphatic rings. The van der Waals surface area contributed by atoms with E-state index < -0.39 is 0 Å². The van der Waals surface area contributed by atoms with Crippen molar-refractivity contribution in [1.29, 1.82) is 0 Å². The molecule has 2 heterocycles. The van der Waals surface area contributed by atoms with E-state index in [4.69, 9.17) is 4.74 Å². The molecule has 22 heavy (non-hydrogen) atoms. The molecule has 2 aromatic heterocycles. The van der Waals surface area contributed by atoms with Crippen molar-refractivity contribution in [3.63, 3.8) is 0 Å². The second kappa shape index (κ2) is 6.60. The van der Waals surface area contributed by atoms with Crippen LogP contribution in [0.1, 0.15) is 46.6 Å². The quantitative estimate of drug-likeness (QED) is 0.847. The topological polar surface area (TPSA) is 79.9 Å². The molecule has 0 fully saturated rings. The maximum Gasteiger partial charge on any atom is 0.251 e. The second-order valence-electron chi connectivity index (χ2n) is 5.46. The molecule has 0 atom stereocenters. The Kier molecular flexibility index (Phi) is 4.37. The van der Waals surface area contributed by atoms with Crippen LogP contribution < -0.4 is 10.1 Å². The van der Waals surface area contributed by atoms with Crippen molar-refractivity contribution in [3.8, 4) is 5.88 Å². The Bertz CT molecular complexity index is 666. The number of hydrogen-bond acceptors (Lipinski definition) is 4. The van der Waals surface area contributed by atoms with Gasteiger partial charge in [0.25, 0.3) is 5.91 Å². The molecule has 1 amide bonds. The molecule has 3 rings (SSSR count). The molecule has 0 radical (unpaired) electrons. The van der Waals surface area contributed by atoms with Crippen molar-refractivity contribution in [1.82, 2.24) is 20.5 Å². The fourth-order valence-electron chi connectivity index (χ4n) is 2.80. The Morgan fingerprint density at radius 3 is 3.09 bits per heavy atom. The van der Waals surface area contributed by atoms with Crippen molar-refractivity contribution in [2.45, 2.75) is 38.6 Å². The molecule has 116 valence electrons. The van der Waals surface area contributed by atoms with Crippen molar-refractivity contribution < 1.29 is 9.53 Å². The van der Waals surface area contributed by atoms with Gasteiger partial charge < -0.3 is 10.1 Å². The van der Waals surface area contributed by atoms with Crippen molar-refractivity contribution in [2.75, 3.05) is 7.11 Å². The summed E-state index contributed by atoms with van der Waals surface area (Å²) < 4.78 is 5.04. The van der Waals surface area contributed by atoms with E-state index in [0.717, 1.165) is 18.5 Å². The number of carbonyl (C=O) groups excluding carboxylic acids is 1. The van der Waals surface area contributed by atoms with Gasteiger partial charge in [0.15, 0.2) is 0 Å². The SMILES string of the molecule is COc1cc(C(=O)NCc2n[nH]c3c2CCCCC3)ccn1. The average molecular weight is 300 g/mol. The lowest BCUT2D eigenvalue weighted by molar-refractivity contribution is 0.0950. The third kappa shape index (κ3) is 3.10. The summed E-state index contributed by atoms with van der Waals surface area (Å²) in [5.74, 6) is 0.285. The Hall–Kier alpha value is -2.37. The number of nitrogens with one attached hydrogen (secondary N) is 2. The number of methoxy groups -OCH3 is 1. The van der Waals surface area contributed by atoms with Crippen LogP contribution in [0.4, 0.5) is 0 Å². The van der Waals surface area contributed by atoms with Crippen molar-refractivity contribution in [3.05, 3.63) is 40.8 Å². The summed E-state index contributed by atoms with van der Waals surface area (Å²) in [6.45, 7) is 0.440. The zero-order valence-corrected chi connectivity index (χ0v) is 12.7. The highest BCUT2D eigenvalue weighted by Gasteiger charge is 2.16. The first-order valence-electron chi connectivity index (χ1n) is 7.61. The largest absolute Gasteiger partial charge is 0.481 e. The van der Waals surface area contributed by atoms with Gasteiger partial charge >= 0.3 is 0 Å². The maximum absolute atomic E-state index is 12.2. The number of aryl methyl sites for hydroxylation is 1. The molecule has 0 unspecified atom stereocenters. The first kappa shape index (κ1) is 14.6. The second-order valence-corrected chi connectivity index (χ2v) is 5.46. The molecular weight excluding hydrogens is 280 g/mol. The summed E-state index contributed by atoms with van der Waals surface area (Å²) in [6, 6.07) is 3.29.